The summed E-state index contributed by atoms with van der Waals surface area (Å²) in [6.07, 6.45) is 4.22. The quantitative estimate of drug-likeness (QED) is 0.160. The molecule has 54 heavy (non-hydrogen) atoms. The van der Waals surface area contributed by atoms with Gasteiger partial charge >= 0.3 is 12.2 Å². The van der Waals surface area contributed by atoms with Crippen molar-refractivity contribution in [3.63, 3.8) is 0 Å². The molecule has 3 atom stereocenters. The monoisotopic (exact) mass is 733 g/mol. The van der Waals surface area contributed by atoms with Crippen LogP contribution in [0.1, 0.15) is 89.6 Å². The minimum atomic E-state index is -0.690. The van der Waals surface area contributed by atoms with Crippen LogP contribution in [0.25, 0.3) is 44.2 Å². The molecule has 282 valence electrons. The topological polar surface area (TPSA) is 155 Å². The molecular weight excluding hydrogens is 686 g/mol. The van der Waals surface area contributed by atoms with Crippen LogP contribution in [0.4, 0.5) is 9.59 Å². The maximum absolute atomic E-state index is 13.6. The Morgan fingerprint density at radius 1 is 0.926 bits per heavy atom. The number of imidazole rings is 2. The fourth-order valence-electron chi connectivity index (χ4n) is 8.12. The lowest BCUT2D eigenvalue weighted by Crippen LogP contribution is -2.51. The number of likely N-dealkylation sites (tertiary alicyclic amines) is 2. The van der Waals surface area contributed by atoms with Crippen molar-refractivity contribution in [2.75, 3.05) is 20.2 Å². The molecule has 2 aromatic heterocycles. The number of methoxy groups -OCH3 is 1. The van der Waals surface area contributed by atoms with Gasteiger partial charge in [0.25, 0.3) is 0 Å². The minimum Gasteiger partial charge on any atom is -0.488 e. The van der Waals surface area contributed by atoms with E-state index in [-0.39, 0.29) is 30.0 Å². The van der Waals surface area contributed by atoms with E-state index in [0.717, 1.165) is 92.8 Å². The smallest absolute Gasteiger partial charge is 0.410 e. The van der Waals surface area contributed by atoms with Gasteiger partial charge in [-0.05, 0) is 93.3 Å². The molecule has 0 spiro atoms. The molecule has 2 fully saturated rings. The Morgan fingerprint density at radius 3 is 2.39 bits per heavy atom. The first kappa shape index (κ1) is 35.4. The number of H-pyrrole nitrogens is 2. The Hall–Kier alpha value is -5.59. The summed E-state index contributed by atoms with van der Waals surface area (Å²) >= 11 is 0. The summed E-state index contributed by atoms with van der Waals surface area (Å²) in [4.78, 5) is 59.0. The first-order valence-electron chi connectivity index (χ1n) is 18.8. The fourth-order valence-corrected chi connectivity index (χ4v) is 8.12. The minimum absolute atomic E-state index is 0.106. The van der Waals surface area contributed by atoms with E-state index in [4.69, 9.17) is 24.2 Å². The average Bonchev–Trinajstić information content (AvgIpc) is 3.97. The predicted molar refractivity (Wildman–Crippen MR) is 204 cm³/mol. The number of aromatic nitrogens is 4. The Bertz CT molecular complexity index is 2270. The molecule has 0 bridgehead atoms. The van der Waals surface area contributed by atoms with Crippen LogP contribution in [0.5, 0.6) is 5.75 Å². The lowest BCUT2D eigenvalue weighted by molar-refractivity contribution is -0.135. The zero-order valence-corrected chi connectivity index (χ0v) is 31.6. The molecule has 3 aliphatic rings. The zero-order chi connectivity index (χ0) is 37.9. The molecule has 0 aliphatic carbocycles. The Morgan fingerprint density at radius 2 is 1.65 bits per heavy atom. The summed E-state index contributed by atoms with van der Waals surface area (Å²) in [6, 6.07) is 13.6. The largest absolute Gasteiger partial charge is 0.488 e. The predicted octanol–water partition coefficient (Wildman–Crippen LogP) is 7.78. The van der Waals surface area contributed by atoms with E-state index in [0.29, 0.717) is 19.7 Å². The van der Waals surface area contributed by atoms with Crippen LogP contribution in [0.3, 0.4) is 0 Å². The molecule has 3 aliphatic heterocycles. The molecule has 3 N–H and O–H groups in total. The van der Waals surface area contributed by atoms with Gasteiger partial charge in [-0.25, -0.2) is 19.6 Å². The summed E-state index contributed by atoms with van der Waals surface area (Å²) in [7, 11) is 1.29. The molecule has 0 saturated carbocycles. The van der Waals surface area contributed by atoms with Crippen LogP contribution in [0, 0.1) is 5.92 Å². The van der Waals surface area contributed by atoms with Crippen molar-refractivity contribution in [2.45, 2.75) is 90.6 Å². The highest BCUT2D eigenvalue weighted by molar-refractivity contribution is 6.09. The highest BCUT2D eigenvalue weighted by Gasteiger charge is 2.38. The van der Waals surface area contributed by atoms with Crippen molar-refractivity contribution in [2.24, 2.45) is 5.92 Å². The lowest BCUT2D eigenvalue weighted by atomic mass is 9.92. The molecule has 3 aromatic carbocycles. The molecule has 0 unspecified atom stereocenters. The number of carbonyl (C=O) groups excluding carboxylic acids is 3. The average molecular weight is 734 g/mol. The summed E-state index contributed by atoms with van der Waals surface area (Å²) in [5.41, 5.74) is 6.21. The number of alkyl carbamates (subject to hydrolysis) is 1. The maximum atomic E-state index is 13.6. The Labute approximate surface area is 313 Å². The van der Waals surface area contributed by atoms with E-state index in [1.165, 1.54) is 7.11 Å². The summed E-state index contributed by atoms with van der Waals surface area (Å²) in [5.74, 6) is 2.07. The second-order valence-corrected chi connectivity index (χ2v) is 15.8. The van der Waals surface area contributed by atoms with Gasteiger partial charge in [-0.15, -0.1) is 0 Å². The lowest BCUT2D eigenvalue weighted by Gasteiger charge is -2.30. The first-order chi connectivity index (χ1) is 25.9. The number of carbonyl (C=O) groups is 3. The van der Waals surface area contributed by atoms with Gasteiger partial charge in [0.15, 0.2) is 0 Å². The summed E-state index contributed by atoms with van der Waals surface area (Å²) in [6.45, 7) is 11.1. The van der Waals surface area contributed by atoms with Crippen LogP contribution >= 0.6 is 0 Å². The molecule has 2 saturated heterocycles. The van der Waals surface area contributed by atoms with Gasteiger partial charge in [-0.2, -0.15) is 0 Å². The number of nitrogens with one attached hydrogen (secondary N) is 3. The van der Waals surface area contributed by atoms with Gasteiger partial charge < -0.3 is 34.4 Å². The first-order valence-corrected chi connectivity index (χ1v) is 18.8. The third-order valence-corrected chi connectivity index (χ3v) is 10.7. The van der Waals surface area contributed by atoms with E-state index < -0.39 is 17.7 Å². The van der Waals surface area contributed by atoms with Crippen LogP contribution in [0.2, 0.25) is 0 Å². The SMILES string of the molecule is COC(=O)N[C@H](C(=O)N1CCC[C@@H]1c1ncc(-c2ccc3c(c2)COc2c-3ccc3c2ccc2[nH]c([C@@H]4CCCN4C(=O)OC(C)(C)C)nc23)[nH]1)C(C)C. The molecule has 5 aromatic rings. The van der Waals surface area contributed by atoms with Gasteiger partial charge in [0.1, 0.15) is 35.6 Å². The number of hydrogen-bond donors (Lipinski definition) is 3. The highest BCUT2D eigenvalue weighted by atomic mass is 16.6. The van der Waals surface area contributed by atoms with Crippen LogP contribution in [-0.4, -0.2) is 79.7 Å². The number of benzene rings is 3. The molecule has 8 rings (SSSR count). The Kier molecular flexibility index (Phi) is 8.98. The third-order valence-electron chi connectivity index (χ3n) is 10.7. The van der Waals surface area contributed by atoms with Gasteiger partial charge in [-0.1, -0.05) is 32.0 Å². The standard InChI is InChI=1S/C41H47N7O6/c1-22(2)33(46-39(50)52-6)38(49)47-17-7-9-31(47)36-42-20-30(44-36)23-11-12-25-24(19-23)21-53-35-27(25)14-13-26-28(35)15-16-29-34(26)45-37(43-29)32-10-8-18-48(32)40(51)54-41(3,4)5/h11-16,19-20,22,31-33H,7-10,17-18,21H2,1-6H3,(H,42,44)(H,43,45)(H,46,50)/t31-,32+,33+/m1/s1. The van der Waals surface area contributed by atoms with Gasteiger partial charge in [0.05, 0.1) is 42.1 Å². The second-order valence-electron chi connectivity index (χ2n) is 15.8. The van der Waals surface area contributed by atoms with E-state index in [1.54, 1.807) is 4.90 Å². The highest BCUT2D eigenvalue weighted by Crippen LogP contribution is 2.45. The molecular formula is C41H47N7O6. The molecule has 13 heteroatoms. The number of aromatic amines is 2. The summed E-state index contributed by atoms with van der Waals surface area (Å²) in [5, 5.41) is 4.68. The molecule has 0 radical (unpaired) electrons. The Balaban J connectivity index is 1.04. The van der Waals surface area contributed by atoms with Crippen molar-refractivity contribution in [1.29, 1.82) is 0 Å². The fraction of sp³-hybridized carbons (Fsp3) is 0.439. The van der Waals surface area contributed by atoms with Gasteiger partial charge in [0.2, 0.25) is 5.91 Å². The third kappa shape index (κ3) is 6.39. The maximum Gasteiger partial charge on any atom is 0.410 e. The van der Waals surface area contributed by atoms with Crippen molar-refractivity contribution >= 4 is 39.9 Å². The van der Waals surface area contributed by atoms with E-state index in [1.807, 2.05) is 51.8 Å². The van der Waals surface area contributed by atoms with Gasteiger partial charge in [0, 0.05) is 29.4 Å². The van der Waals surface area contributed by atoms with E-state index >= 15 is 0 Å². The van der Waals surface area contributed by atoms with E-state index in [2.05, 4.69) is 51.7 Å². The zero-order valence-electron chi connectivity index (χ0n) is 31.6. The molecule has 5 heterocycles. The molecule has 13 nitrogen and oxygen atoms in total. The van der Waals surface area contributed by atoms with Crippen molar-refractivity contribution in [1.82, 2.24) is 35.1 Å². The number of amides is 3. The van der Waals surface area contributed by atoms with Crippen molar-refractivity contribution < 1.29 is 28.6 Å². The van der Waals surface area contributed by atoms with Gasteiger partial charge in [-0.3, -0.25) is 9.69 Å². The number of ether oxygens (including phenoxy) is 3. The number of rotatable bonds is 6. The normalized spacial score (nSPS) is 18.8. The second kappa shape index (κ2) is 13.7. The van der Waals surface area contributed by atoms with Crippen molar-refractivity contribution in [3.05, 3.63) is 65.9 Å². The van der Waals surface area contributed by atoms with Crippen LogP contribution < -0.4 is 10.1 Å². The van der Waals surface area contributed by atoms with E-state index in [9.17, 15) is 14.4 Å². The number of nitrogens with zero attached hydrogens (tertiary/aromatic N) is 4. The van der Waals surface area contributed by atoms with Crippen molar-refractivity contribution in [3.8, 4) is 28.1 Å². The number of hydrogen-bond acceptors (Lipinski definition) is 8. The van der Waals surface area contributed by atoms with Crippen LogP contribution in [0.15, 0.2) is 48.7 Å². The van der Waals surface area contributed by atoms with Crippen LogP contribution in [-0.2, 0) is 20.9 Å². The number of fused-ring (bicyclic) bond motifs is 7. The molecule has 3 amide bonds. The summed E-state index contributed by atoms with van der Waals surface area (Å²) < 4.78 is 17.0.